The molecule has 0 aliphatic carbocycles. The molecular formula is C23H20FN3O. The summed E-state index contributed by atoms with van der Waals surface area (Å²) in [6, 6.07) is 21.9. The quantitative estimate of drug-likeness (QED) is 0.428. The zero-order valence-corrected chi connectivity index (χ0v) is 15.4. The van der Waals surface area contributed by atoms with Crippen molar-refractivity contribution in [2.24, 2.45) is 0 Å². The Morgan fingerprint density at radius 2 is 1.71 bits per heavy atom. The lowest BCUT2D eigenvalue weighted by molar-refractivity contribution is 0.251. The van der Waals surface area contributed by atoms with Crippen LogP contribution in [0.1, 0.15) is 11.1 Å². The van der Waals surface area contributed by atoms with Crippen LogP contribution in [0.5, 0.6) is 0 Å². The minimum absolute atomic E-state index is 0.255. The van der Waals surface area contributed by atoms with E-state index in [0.29, 0.717) is 12.2 Å². The predicted octanol–water partition coefficient (Wildman–Crippen LogP) is 5.60. The lowest BCUT2D eigenvalue weighted by atomic mass is 10.1. The molecule has 0 saturated carbocycles. The van der Waals surface area contributed by atoms with Crippen molar-refractivity contribution in [1.29, 1.82) is 0 Å². The van der Waals surface area contributed by atoms with Gasteiger partial charge in [-0.15, -0.1) is 0 Å². The number of carbonyl (C=O) groups is 1. The Kier molecular flexibility index (Phi) is 4.81. The molecule has 28 heavy (non-hydrogen) atoms. The van der Waals surface area contributed by atoms with Crippen LogP contribution in [0.2, 0.25) is 0 Å². The third-order valence-corrected chi connectivity index (χ3v) is 4.61. The van der Waals surface area contributed by atoms with Crippen LogP contribution in [0.3, 0.4) is 0 Å². The van der Waals surface area contributed by atoms with Crippen molar-refractivity contribution in [2.45, 2.75) is 13.5 Å². The molecule has 4 rings (SSSR count). The fourth-order valence-corrected chi connectivity index (χ4v) is 3.06. The first-order valence-corrected chi connectivity index (χ1v) is 9.06. The normalized spacial score (nSPS) is 10.8. The van der Waals surface area contributed by atoms with Gasteiger partial charge in [0.25, 0.3) is 0 Å². The Morgan fingerprint density at radius 3 is 2.46 bits per heavy atom. The molecule has 0 bridgehead atoms. The Hall–Kier alpha value is -3.60. The monoisotopic (exact) mass is 373 g/mol. The Bertz CT molecular complexity index is 1120. The van der Waals surface area contributed by atoms with Gasteiger partial charge in [-0.05, 0) is 54.4 Å². The summed E-state index contributed by atoms with van der Waals surface area (Å²) in [7, 11) is 0. The summed E-state index contributed by atoms with van der Waals surface area (Å²) in [5.41, 5.74) is 5.68. The molecule has 140 valence electrons. The fourth-order valence-electron chi connectivity index (χ4n) is 3.06. The van der Waals surface area contributed by atoms with E-state index in [1.54, 1.807) is 6.07 Å². The molecule has 5 heteroatoms. The number of aryl methyl sites for hydroxylation is 1. The van der Waals surface area contributed by atoms with Crippen molar-refractivity contribution in [3.05, 3.63) is 89.7 Å². The van der Waals surface area contributed by atoms with Gasteiger partial charge in [0.05, 0.1) is 0 Å². The van der Waals surface area contributed by atoms with Crippen LogP contribution in [0.15, 0.2) is 72.8 Å². The molecule has 0 aliphatic rings. The van der Waals surface area contributed by atoms with Crippen LogP contribution in [0.25, 0.3) is 22.2 Å². The van der Waals surface area contributed by atoms with Crippen molar-refractivity contribution in [1.82, 2.24) is 10.3 Å². The van der Waals surface area contributed by atoms with Gasteiger partial charge in [-0.1, -0.05) is 42.0 Å². The fraction of sp³-hybridized carbons (Fsp3) is 0.0870. The van der Waals surface area contributed by atoms with Gasteiger partial charge in [0.2, 0.25) is 0 Å². The van der Waals surface area contributed by atoms with Crippen LogP contribution in [-0.2, 0) is 6.54 Å². The maximum Gasteiger partial charge on any atom is 0.319 e. The highest BCUT2D eigenvalue weighted by Gasteiger charge is 2.06. The van der Waals surface area contributed by atoms with E-state index in [4.69, 9.17) is 0 Å². The largest absolute Gasteiger partial charge is 0.355 e. The van der Waals surface area contributed by atoms with Crippen molar-refractivity contribution in [3.63, 3.8) is 0 Å². The molecule has 2 amide bonds. The molecule has 3 N–H and O–H groups in total. The highest BCUT2D eigenvalue weighted by atomic mass is 19.1. The van der Waals surface area contributed by atoms with Crippen LogP contribution < -0.4 is 10.6 Å². The second kappa shape index (κ2) is 7.56. The van der Waals surface area contributed by atoms with Gasteiger partial charge >= 0.3 is 6.03 Å². The molecule has 3 aromatic carbocycles. The van der Waals surface area contributed by atoms with Gasteiger partial charge in [-0.25, -0.2) is 9.18 Å². The van der Waals surface area contributed by atoms with Crippen molar-refractivity contribution < 1.29 is 9.18 Å². The number of carbonyl (C=O) groups excluding carboxylic acids is 1. The summed E-state index contributed by atoms with van der Waals surface area (Å²) in [5.74, 6) is -0.255. The molecule has 1 heterocycles. The van der Waals surface area contributed by atoms with E-state index < -0.39 is 0 Å². The number of fused-ring (bicyclic) bond motifs is 1. The Balaban J connectivity index is 1.39. The summed E-state index contributed by atoms with van der Waals surface area (Å²) < 4.78 is 13.4. The average molecular weight is 373 g/mol. The Labute approximate surface area is 162 Å². The molecule has 0 radical (unpaired) electrons. The maximum absolute atomic E-state index is 13.4. The maximum atomic E-state index is 13.4. The van der Waals surface area contributed by atoms with Gasteiger partial charge in [0.15, 0.2) is 0 Å². The van der Waals surface area contributed by atoms with Gasteiger partial charge in [0, 0.05) is 28.8 Å². The molecule has 0 fully saturated rings. The van der Waals surface area contributed by atoms with Crippen LogP contribution in [0.4, 0.5) is 14.9 Å². The number of hydrogen-bond acceptors (Lipinski definition) is 1. The van der Waals surface area contributed by atoms with Crippen molar-refractivity contribution in [2.75, 3.05) is 5.32 Å². The number of aromatic amines is 1. The number of H-pyrrole nitrogens is 1. The first kappa shape index (κ1) is 17.8. The van der Waals surface area contributed by atoms with E-state index in [0.717, 1.165) is 27.7 Å². The second-order valence-corrected chi connectivity index (χ2v) is 6.79. The zero-order valence-electron chi connectivity index (χ0n) is 15.4. The number of rotatable bonds is 4. The van der Waals surface area contributed by atoms with E-state index in [9.17, 15) is 9.18 Å². The van der Waals surface area contributed by atoms with E-state index in [-0.39, 0.29) is 11.8 Å². The second-order valence-electron chi connectivity index (χ2n) is 6.79. The van der Waals surface area contributed by atoms with Crippen LogP contribution >= 0.6 is 0 Å². The van der Waals surface area contributed by atoms with Gasteiger partial charge in [-0.2, -0.15) is 0 Å². The SMILES string of the molecule is Cc1ccc(CNC(=O)Nc2ccc(-c3cc4cc(F)ccc4[nH]3)cc2)cc1. The molecule has 4 aromatic rings. The number of halogens is 1. The first-order chi connectivity index (χ1) is 13.6. The topological polar surface area (TPSA) is 56.9 Å². The smallest absolute Gasteiger partial charge is 0.319 e. The standard InChI is InChI=1S/C23H20FN3O/c1-15-2-4-16(5-3-15)14-25-23(28)26-20-9-6-17(7-10-20)22-13-18-12-19(24)8-11-21(18)27-22/h2-13,27H,14H2,1H3,(H2,25,26,28). The third kappa shape index (κ3) is 4.04. The summed E-state index contributed by atoms with van der Waals surface area (Å²) >= 11 is 0. The van der Waals surface area contributed by atoms with Gasteiger partial charge in [-0.3, -0.25) is 0 Å². The Morgan fingerprint density at radius 1 is 0.964 bits per heavy atom. The number of hydrogen-bond donors (Lipinski definition) is 3. The van der Waals surface area contributed by atoms with E-state index in [2.05, 4.69) is 15.6 Å². The molecular weight excluding hydrogens is 353 g/mol. The number of nitrogens with one attached hydrogen (secondary N) is 3. The summed E-state index contributed by atoms with van der Waals surface area (Å²) in [6.07, 6.45) is 0. The highest BCUT2D eigenvalue weighted by molar-refractivity contribution is 5.90. The molecule has 0 saturated heterocycles. The summed E-state index contributed by atoms with van der Waals surface area (Å²) in [5, 5.41) is 6.50. The van der Waals surface area contributed by atoms with Gasteiger partial charge in [0.1, 0.15) is 5.82 Å². The molecule has 0 atom stereocenters. The van der Waals surface area contributed by atoms with E-state index in [1.807, 2.05) is 61.5 Å². The lowest BCUT2D eigenvalue weighted by Gasteiger charge is -2.08. The number of anilines is 1. The van der Waals surface area contributed by atoms with E-state index >= 15 is 0 Å². The molecule has 0 spiro atoms. The number of amides is 2. The molecule has 0 aliphatic heterocycles. The van der Waals surface area contributed by atoms with E-state index in [1.165, 1.54) is 17.7 Å². The minimum Gasteiger partial charge on any atom is -0.355 e. The summed E-state index contributed by atoms with van der Waals surface area (Å²) in [4.78, 5) is 15.4. The predicted molar refractivity (Wildman–Crippen MR) is 111 cm³/mol. The number of aromatic nitrogens is 1. The van der Waals surface area contributed by atoms with Crippen molar-refractivity contribution >= 4 is 22.6 Å². The first-order valence-electron chi connectivity index (χ1n) is 9.06. The minimum atomic E-state index is -0.255. The highest BCUT2D eigenvalue weighted by Crippen LogP contribution is 2.25. The van der Waals surface area contributed by atoms with Crippen molar-refractivity contribution in [3.8, 4) is 11.3 Å². The zero-order chi connectivity index (χ0) is 19.5. The molecule has 1 aromatic heterocycles. The third-order valence-electron chi connectivity index (χ3n) is 4.61. The molecule has 0 unspecified atom stereocenters. The van der Waals surface area contributed by atoms with Crippen LogP contribution in [0, 0.1) is 12.7 Å². The average Bonchev–Trinajstić information content (AvgIpc) is 3.11. The molecule has 4 nitrogen and oxygen atoms in total. The lowest BCUT2D eigenvalue weighted by Crippen LogP contribution is -2.28. The van der Waals surface area contributed by atoms with Crippen LogP contribution in [-0.4, -0.2) is 11.0 Å². The summed E-state index contributed by atoms with van der Waals surface area (Å²) in [6.45, 7) is 2.50. The number of urea groups is 1. The van der Waals surface area contributed by atoms with Gasteiger partial charge < -0.3 is 15.6 Å². The number of benzene rings is 3.